The maximum Gasteiger partial charge on any atom is 0.338 e. The fourth-order valence-corrected chi connectivity index (χ4v) is 3.95. The molecule has 0 saturated carbocycles. The largest absolute Gasteiger partial charge is 0.459 e. The van der Waals surface area contributed by atoms with Gasteiger partial charge in [0.15, 0.2) is 5.60 Å². The first kappa shape index (κ1) is 19.4. The van der Waals surface area contributed by atoms with Crippen LogP contribution >= 0.6 is 0 Å². The van der Waals surface area contributed by atoms with Gasteiger partial charge in [0.1, 0.15) is 12.2 Å². The van der Waals surface area contributed by atoms with Crippen molar-refractivity contribution in [2.75, 3.05) is 0 Å². The van der Waals surface area contributed by atoms with Gasteiger partial charge in [0, 0.05) is 22.9 Å². The average Bonchev–Trinajstić information content (AvgIpc) is 3.17. The summed E-state index contributed by atoms with van der Waals surface area (Å²) in [7, 11) is 0. The van der Waals surface area contributed by atoms with Gasteiger partial charge in [-0.25, -0.2) is 9.59 Å². The molecule has 4 rings (SSSR count). The summed E-state index contributed by atoms with van der Waals surface area (Å²) in [5.74, 6) is -1.17. The zero-order valence-electron chi connectivity index (χ0n) is 16.6. The van der Waals surface area contributed by atoms with Gasteiger partial charge in [-0.3, -0.25) is 0 Å². The van der Waals surface area contributed by atoms with E-state index in [1.807, 2.05) is 42.5 Å². The SMILES string of the molecule is CC(c1ccccc1)C(C)(O)C(=O)OCc1cc(=O)oc2cc3c(cc12)CCC3. The third-order valence-corrected chi connectivity index (χ3v) is 5.96. The number of ether oxygens (including phenoxy) is 1. The maximum atomic E-state index is 12.7. The monoisotopic (exact) mass is 392 g/mol. The van der Waals surface area contributed by atoms with Crippen LogP contribution in [-0.4, -0.2) is 16.7 Å². The zero-order chi connectivity index (χ0) is 20.6. The highest BCUT2D eigenvalue weighted by molar-refractivity contribution is 5.83. The number of fused-ring (bicyclic) bond motifs is 2. The summed E-state index contributed by atoms with van der Waals surface area (Å²) < 4.78 is 10.8. The number of esters is 1. The summed E-state index contributed by atoms with van der Waals surface area (Å²) in [6.07, 6.45) is 3.06. The van der Waals surface area contributed by atoms with Crippen LogP contribution in [0.5, 0.6) is 0 Å². The highest BCUT2D eigenvalue weighted by Gasteiger charge is 2.39. The predicted molar refractivity (Wildman–Crippen MR) is 110 cm³/mol. The molecule has 0 saturated heterocycles. The molecule has 0 fully saturated rings. The van der Waals surface area contributed by atoms with E-state index in [2.05, 4.69) is 0 Å². The van der Waals surface area contributed by atoms with Crippen LogP contribution in [0.2, 0.25) is 0 Å². The summed E-state index contributed by atoms with van der Waals surface area (Å²) in [5, 5.41) is 11.6. The average molecular weight is 392 g/mol. The van der Waals surface area contributed by atoms with Crippen LogP contribution < -0.4 is 5.63 Å². The van der Waals surface area contributed by atoms with Crippen molar-refractivity contribution < 1.29 is 19.1 Å². The molecule has 0 amide bonds. The number of hydrogen-bond donors (Lipinski definition) is 1. The molecule has 3 aromatic rings. The van der Waals surface area contributed by atoms with Crippen molar-refractivity contribution >= 4 is 16.9 Å². The van der Waals surface area contributed by atoms with Crippen molar-refractivity contribution in [3.8, 4) is 0 Å². The second-order valence-corrected chi connectivity index (χ2v) is 7.92. The van der Waals surface area contributed by atoms with E-state index in [1.54, 1.807) is 6.92 Å². The molecular formula is C24H24O5. The minimum atomic E-state index is -1.70. The van der Waals surface area contributed by atoms with Gasteiger partial charge in [0.2, 0.25) is 0 Å². The number of benzene rings is 2. The molecule has 0 spiro atoms. The van der Waals surface area contributed by atoms with Crippen LogP contribution in [0.4, 0.5) is 0 Å². The Kier molecular flexibility index (Phi) is 5.01. The Bertz CT molecular complexity index is 1110. The zero-order valence-corrected chi connectivity index (χ0v) is 16.6. The lowest BCUT2D eigenvalue weighted by Gasteiger charge is -2.28. The van der Waals surface area contributed by atoms with E-state index in [0.29, 0.717) is 11.1 Å². The van der Waals surface area contributed by atoms with Gasteiger partial charge in [-0.15, -0.1) is 0 Å². The molecule has 2 atom stereocenters. The first-order valence-electron chi connectivity index (χ1n) is 9.89. The maximum absolute atomic E-state index is 12.7. The van der Waals surface area contributed by atoms with Gasteiger partial charge >= 0.3 is 11.6 Å². The predicted octanol–water partition coefficient (Wildman–Crippen LogP) is 3.88. The standard InChI is InChI=1S/C24H24O5/c1-15(16-7-4-3-5-8-16)24(2,27)23(26)28-14-19-13-22(25)29-21-12-18-10-6-9-17(18)11-20(19)21/h3-5,7-8,11-13,15,27H,6,9-10,14H2,1-2H3. The molecule has 0 bridgehead atoms. The van der Waals surface area contributed by atoms with E-state index in [1.165, 1.54) is 24.1 Å². The molecule has 2 aromatic carbocycles. The molecule has 1 N–H and O–H groups in total. The molecule has 1 heterocycles. The molecule has 1 aliphatic rings. The molecule has 5 nitrogen and oxygen atoms in total. The van der Waals surface area contributed by atoms with Crippen molar-refractivity contribution in [3.63, 3.8) is 0 Å². The fourth-order valence-electron chi connectivity index (χ4n) is 3.95. The number of hydrogen-bond acceptors (Lipinski definition) is 5. The first-order valence-corrected chi connectivity index (χ1v) is 9.89. The lowest BCUT2D eigenvalue weighted by Crippen LogP contribution is -2.41. The highest BCUT2D eigenvalue weighted by Crippen LogP contribution is 2.31. The molecule has 1 aromatic heterocycles. The molecule has 0 aliphatic heterocycles. The number of carbonyl (C=O) groups is 1. The van der Waals surface area contributed by atoms with E-state index in [4.69, 9.17) is 9.15 Å². The van der Waals surface area contributed by atoms with Crippen molar-refractivity contribution in [1.82, 2.24) is 0 Å². The molecule has 2 unspecified atom stereocenters. The Morgan fingerprint density at radius 3 is 2.59 bits per heavy atom. The summed E-state index contributed by atoms with van der Waals surface area (Å²) in [5.41, 5.74) is 2.20. The fraction of sp³-hybridized carbons (Fsp3) is 0.333. The Hall–Kier alpha value is -2.92. The van der Waals surface area contributed by atoms with Gasteiger partial charge in [-0.2, -0.15) is 0 Å². The van der Waals surface area contributed by atoms with Gasteiger partial charge < -0.3 is 14.3 Å². The van der Waals surface area contributed by atoms with Crippen LogP contribution in [0, 0.1) is 0 Å². The number of rotatable bonds is 5. The second-order valence-electron chi connectivity index (χ2n) is 7.92. The number of carbonyl (C=O) groups excluding carboxylic acids is 1. The van der Waals surface area contributed by atoms with Crippen molar-refractivity contribution in [2.45, 2.75) is 51.2 Å². The quantitative estimate of drug-likeness (QED) is 0.527. The number of aliphatic hydroxyl groups is 1. The van der Waals surface area contributed by atoms with Crippen LogP contribution in [0.3, 0.4) is 0 Å². The van der Waals surface area contributed by atoms with Gasteiger partial charge in [0.25, 0.3) is 0 Å². The smallest absolute Gasteiger partial charge is 0.338 e. The van der Waals surface area contributed by atoms with E-state index >= 15 is 0 Å². The van der Waals surface area contributed by atoms with Crippen LogP contribution in [-0.2, 0) is 29.0 Å². The summed E-state index contributed by atoms with van der Waals surface area (Å²) in [6.45, 7) is 3.14. The number of aryl methyl sites for hydroxylation is 2. The molecule has 1 aliphatic carbocycles. The van der Waals surface area contributed by atoms with Crippen LogP contribution in [0.25, 0.3) is 11.0 Å². The summed E-state index contributed by atoms with van der Waals surface area (Å²) in [4.78, 5) is 24.7. The summed E-state index contributed by atoms with van der Waals surface area (Å²) in [6, 6.07) is 14.6. The van der Waals surface area contributed by atoms with Crippen molar-refractivity contribution in [2.24, 2.45) is 0 Å². The normalized spacial score (nSPS) is 16.2. The Labute approximate surface area is 168 Å². The van der Waals surface area contributed by atoms with E-state index in [-0.39, 0.29) is 6.61 Å². The lowest BCUT2D eigenvalue weighted by molar-refractivity contribution is -0.167. The van der Waals surface area contributed by atoms with Gasteiger partial charge in [0.05, 0.1) is 0 Å². The third kappa shape index (κ3) is 3.70. The van der Waals surface area contributed by atoms with Crippen LogP contribution in [0.15, 0.2) is 57.7 Å². The minimum absolute atomic E-state index is 0.0998. The lowest BCUT2D eigenvalue weighted by atomic mass is 9.85. The highest BCUT2D eigenvalue weighted by atomic mass is 16.5. The molecule has 29 heavy (non-hydrogen) atoms. The topological polar surface area (TPSA) is 76.7 Å². The summed E-state index contributed by atoms with van der Waals surface area (Å²) >= 11 is 0. The Morgan fingerprint density at radius 1 is 1.17 bits per heavy atom. The van der Waals surface area contributed by atoms with Crippen molar-refractivity contribution in [1.29, 1.82) is 0 Å². The van der Waals surface area contributed by atoms with Crippen molar-refractivity contribution in [3.05, 3.63) is 81.2 Å². The van der Waals surface area contributed by atoms with Crippen LogP contribution in [0.1, 0.15) is 48.4 Å². The Morgan fingerprint density at radius 2 is 1.86 bits per heavy atom. The molecule has 150 valence electrons. The van der Waals surface area contributed by atoms with E-state index in [0.717, 1.165) is 30.2 Å². The minimum Gasteiger partial charge on any atom is -0.459 e. The first-order chi connectivity index (χ1) is 13.9. The molecule has 5 heteroatoms. The Balaban J connectivity index is 1.58. The molecule has 0 radical (unpaired) electrons. The van der Waals surface area contributed by atoms with Gasteiger partial charge in [-0.05, 0) is 55.0 Å². The molecular weight excluding hydrogens is 368 g/mol. The second kappa shape index (κ2) is 7.48. The van der Waals surface area contributed by atoms with Gasteiger partial charge in [-0.1, -0.05) is 37.3 Å². The third-order valence-electron chi connectivity index (χ3n) is 5.96. The van der Waals surface area contributed by atoms with E-state index in [9.17, 15) is 14.7 Å². The van der Waals surface area contributed by atoms with E-state index < -0.39 is 23.1 Å².